The SMILES string of the molecule is Cc1cccc(OCCNCc2ccc(C#N)s2)c1. The van der Waals surface area contributed by atoms with E-state index in [-0.39, 0.29) is 0 Å². The summed E-state index contributed by atoms with van der Waals surface area (Å²) >= 11 is 1.52. The molecule has 0 atom stereocenters. The molecule has 2 aromatic rings. The monoisotopic (exact) mass is 272 g/mol. The molecule has 2 rings (SSSR count). The van der Waals surface area contributed by atoms with Crippen LogP contribution in [0, 0.1) is 18.3 Å². The third-order valence-corrected chi connectivity index (χ3v) is 3.60. The van der Waals surface area contributed by atoms with Gasteiger partial charge in [-0.3, -0.25) is 0 Å². The van der Waals surface area contributed by atoms with Crippen LogP contribution in [-0.4, -0.2) is 13.2 Å². The smallest absolute Gasteiger partial charge is 0.119 e. The van der Waals surface area contributed by atoms with Crippen molar-refractivity contribution in [3.8, 4) is 11.8 Å². The molecule has 0 saturated heterocycles. The van der Waals surface area contributed by atoms with E-state index in [1.54, 1.807) is 0 Å². The molecular formula is C15H16N2OS. The van der Waals surface area contributed by atoms with Crippen LogP contribution in [0.25, 0.3) is 0 Å². The van der Waals surface area contributed by atoms with Gasteiger partial charge in [-0.25, -0.2) is 0 Å². The van der Waals surface area contributed by atoms with Gasteiger partial charge in [0.05, 0.1) is 0 Å². The maximum atomic E-state index is 8.73. The van der Waals surface area contributed by atoms with Crippen molar-refractivity contribution in [2.45, 2.75) is 13.5 Å². The molecule has 0 saturated carbocycles. The van der Waals surface area contributed by atoms with Crippen LogP contribution in [0.4, 0.5) is 0 Å². The van der Waals surface area contributed by atoms with Crippen LogP contribution in [0.1, 0.15) is 15.3 Å². The van der Waals surface area contributed by atoms with Crippen molar-refractivity contribution >= 4 is 11.3 Å². The molecule has 0 radical (unpaired) electrons. The molecule has 1 heterocycles. The predicted molar refractivity (Wildman–Crippen MR) is 77.4 cm³/mol. The average Bonchev–Trinajstić information content (AvgIpc) is 2.86. The molecule has 0 fully saturated rings. The molecule has 0 aliphatic rings. The molecule has 0 spiro atoms. The maximum absolute atomic E-state index is 8.73. The first kappa shape index (κ1) is 13.6. The van der Waals surface area contributed by atoms with Crippen molar-refractivity contribution in [3.05, 3.63) is 51.7 Å². The maximum Gasteiger partial charge on any atom is 0.119 e. The summed E-state index contributed by atoms with van der Waals surface area (Å²) < 4.78 is 5.64. The zero-order valence-electron chi connectivity index (χ0n) is 10.8. The van der Waals surface area contributed by atoms with E-state index in [1.165, 1.54) is 21.8 Å². The van der Waals surface area contributed by atoms with Crippen LogP contribution in [0.2, 0.25) is 0 Å². The van der Waals surface area contributed by atoms with Crippen LogP contribution < -0.4 is 10.1 Å². The van der Waals surface area contributed by atoms with E-state index in [1.807, 2.05) is 30.3 Å². The summed E-state index contributed by atoms with van der Waals surface area (Å²) in [5.74, 6) is 0.907. The lowest BCUT2D eigenvalue weighted by atomic mass is 10.2. The Morgan fingerprint density at radius 2 is 2.21 bits per heavy atom. The fourth-order valence-corrected chi connectivity index (χ4v) is 2.47. The molecule has 0 aliphatic heterocycles. The van der Waals surface area contributed by atoms with Gasteiger partial charge in [-0.2, -0.15) is 5.26 Å². The zero-order valence-corrected chi connectivity index (χ0v) is 11.7. The van der Waals surface area contributed by atoms with E-state index in [2.05, 4.69) is 24.4 Å². The number of rotatable bonds is 6. The highest BCUT2D eigenvalue weighted by Gasteiger charge is 1.99. The minimum Gasteiger partial charge on any atom is -0.492 e. The predicted octanol–water partition coefficient (Wildman–Crippen LogP) is 3.10. The van der Waals surface area contributed by atoms with Crippen molar-refractivity contribution in [2.24, 2.45) is 0 Å². The number of aryl methyl sites for hydroxylation is 1. The van der Waals surface area contributed by atoms with Gasteiger partial charge in [0, 0.05) is 18.0 Å². The molecule has 0 unspecified atom stereocenters. The second-order valence-electron chi connectivity index (χ2n) is 4.22. The van der Waals surface area contributed by atoms with Gasteiger partial charge < -0.3 is 10.1 Å². The zero-order chi connectivity index (χ0) is 13.5. The van der Waals surface area contributed by atoms with Crippen molar-refractivity contribution < 1.29 is 4.74 Å². The highest BCUT2D eigenvalue weighted by Crippen LogP contribution is 2.15. The molecular weight excluding hydrogens is 256 g/mol. The van der Waals surface area contributed by atoms with E-state index in [0.29, 0.717) is 6.61 Å². The second kappa shape index (κ2) is 6.93. The minimum absolute atomic E-state index is 0.639. The van der Waals surface area contributed by atoms with Crippen LogP contribution in [0.5, 0.6) is 5.75 Å². The Morgan fingerprint density at radius 3 is 2.95 bits per heavy atom. The summed E-state index contributed by atoms with van der Waals surface area (Å²) in [7, 11) is 0. The number of nitrogens with one attached hydrogen (secondary N) is 1. The molecule has 0 aliphatic carbocycles. The number of nitriles is 1. The minimum atomic E-state index is 0.639. The van der Waals surface area contributed by atoms with Gasteiger partial charge in [0.15, 0.2) is 0 Å². The standard InChI is InChI=1S/C15H16N2OS/c1-12-3-2-4-13(9-12)18-8-7-17-11-15-6-5-14(10-16)19-15/h2-6,9,17H,7-8,11H2,1H3. The van der Waals surface area contributed by atoms with E-state index in [0.717, 1.165) is 23.7 Å². The number of hydrogen-bond acceptors (Lipinski definition) is 4. The summed E-state index contributed by atoms with van der Waals surface area (Å²) in [6.45, 7) is 4.26. The number of hydrogen-bond donors (Lipinski definition) is 1. The van der Waals surface area contributed by atoms with Gasteiger partial charge in [-0.15, -0.1) is 11.3 Å². The summed E-state index contributed by atoms with van der Waals surface area (Å²) in [5, 5.41) is 12.0. The number of thiophene rings is 1. The summed E-state index contributed by atoms with van der Waals surface area (Å²) in [6, 6.07) is 14.0. The van der Waals surface area contributed by atoms with Crippen LogP contribution >= 0.6 is 11.3 Å². The Labute approximate surface area is 117 Å². The molecule has 0 bridgehead atoms. The largest absolute Gasteiger partial charge is 0.492 e. The lowest BCUT2D eigenvalue weighted by Gasteiger charge is -2.07. The third-order valence-electron chi connectivity index (χ3n) is 2.61. The van der Waals surface area contributed by atoms with Gasteiger partial charge in [0.25, 0.3) is 0 Å². The Kier molecular flexibility index (Phi) is 4.96. The lowest BCUT2D eigenvalue weighted by molar-refractivity contribution is 0.313. The molecule has 1 aromatic carbocycles. The Hall–Kier alpha value is -1.83. The lowest BCUT2D eigenvalue weighted by Crippen LogP contribution is -2.20. The molecule has 98 valence electrons. The molecule has 19 heavy (non-hydrogen) atoms. The van der Waals surface area contributed by atoms with E-state index < -0.39 is 0 Å². The average molecular weight is 272 g/mol. The van der Waals surface area contributed by atoms with Crippen molar-refractivity contribution in [2.75, 3.05) is 13.2 Å². The first-order valence-electron chi connectivity index (χ1n) is 6.17. The highest BCUT2D eigenvalue weighted by atomic mass is 32.1. The van der Waals surface area contributed by atoms with E-state index >= 15 is 0 Å². The first-order valence-corrected chi connectivity index (χ1v) is 6.98. The van der Waals surface area contributed by atoms with Crippen LogP contribution in [0.15, 0.2) is 36.4 Å². The summed E-state index contributed by atoms with van der Waals surface area (Å²) in [6.07, 6.45) is 0. The van der Waals surface area contributed by atoms with Crippen LogP contribution in [-0.2, 0) is 6.54 Å². The molecule has 0 amide bonds. The Morgan fingerprint density at radius 1 is 1.32 bits per heavy atom. The van der Waals surface area contributed by atoms with Gasteiger partial charge in [0.1, 0.15) is 23.3 Å². The number of ether oxygens (including phenoxy) is 1. The van der Waals surface area contributed by atoms with Crippen molar-refractivity contribution in [1.82, 2.24) is 5.32 Å². The van der Waals surface area contributed by atoms with Gasteiger partial charge >= 0.3 is 0 Å². The second-order valence-corrected chi connectivity index (χ2v) is 5.39. The topological polar surface area (TPSA) is 45.0 Å². The van der Waals surface area contributed by atoms with E-state index in [9.17, 15) is 0 Å². The fraction of sp³-hybridized carbons (Fsp3) is 0.267. The fourth-order valence-electron chi connectivity index (χ4n) is 1.69. The quantitative estimate of drug-likeness (QED) is 0.822. The number of benzene rings is 1. The molecule has 3 nitrogen and oxygen atoms in total. The van der Waals surface area contributed by atoms with Gasteiger partial charge in [-0.1, -0.05) is 12.1 Å². The third kappa shape index (κ3) is 4.40. The van der Waals surface area contributed by atoms with Gasteiger partial charge in [-0.05, 0) is 36.8 Å². The Bertz CT molecular complexity index is 572. The molecule has 1 aromatic heterocycles. The summed E-state index contributed by atoms with van der Waals surface area (Å²) in [4.78, 5) is 1.93. The van der Waals surface area contributed by atoms with E-state index in [4.69, 9.17) is 10.00 Å². The molecule has 1 N–H and O–H groups in total. The first-order chi connectivity index (χ1) is 9.28. The van der Waals surface area contributed by atoms with Crippen molar-refractivity contribution in [1.29, 1.82) is 5.26 Å². The van der Waals surface area contributed by atoms with Crippen LogP contribution in [0.3, 0.4) is 0 Å². The highest BCUT2D eigenvalue weighted by molar-refractivity contribution is 7.12. The summed E-state index contributed by atoms with van der Waals surface area (Å²) in [5.41, 5.74) is 1.20. The Balaban J connectivity index is 1.66. The van der Waals surface area contributed by atoms with Crippen molar-refractivity contribution in [3.63, 3.8) is 0 Å². The molecule has 4 heteroatoms. The number of nitrogens with zero attached hydrogens (tertiary/aromatic N) is 1. The normalized spacial score (nSPS) is 10.1. The van der Waals surface area contributed by atoms with Gasteiger partial charge in [0.2, 0.25) is 0 Å².